The van der Waals surface area contributed by atoms with Gasteiger partial charge in [-0.05, 0) is 6.92 Å². The van der Waals surface area contributed by atoms with Crippen LogP contribution in [0.3, 0.4) is 0 Å². The van der Waals surface area contributed by atoms with Crippen LogP contribution in [0.5, 0.6) is 5.88 Å². The first kappa shape index (κ1) is 7.61. The highest BCUT2D eigenvalue weighted by Crippen LogP contribution is 2.21. The van der Waals surface area contributed by atoms with Gasteiger partial charge in [-0.1, -0.05) is 0 Å². The Morgan fingerprint density at radius 3 is 3.33 bits per heavy atom. The number of methoxy groups -OCH3 is 1. The highest BCUT2D eigenvalue weighted by molar-refractivity contribution is 5.23. The maximum atomic E-state index is 5.47. The Kier molecular flexibility index (Phi) is 1.77. The third kappa shape index (κ3) is 1.08. The summed E-state index contributed by atoms with van der Waals surface area (Å²) in [5, 5.41) is 4.17. The molecule has 0 fully saturated rings. The Morgan fingerprint density at radius 2 is 2.58 bits per heavy atom. The molecule has 12 heavy (non-hydrogen) atoms. The average molecular weight is 168 g/mol. The molecule has 0 spiro atoms. The minimum atomic E-state index is 0.136. The van der Waals surface area contributed by atoms with Gasteiger partial charge in [-0.15, -0.1) is 0 Å². The zero-order valence-electron chi connectivity index (χ0n) is 7.28. The predicted octanol–water partition coefficient (Wildman–Crippen LogP) is 0.599. The summed E-state index contributed by atoms with van der Waals surface area (Å²) in [5.74, 6) is 0.878. The number of aryl methyl sites for hydroxylation is 1. The van der Waals surface area contributed by atoms with Gasteiger partial charge in [0.15, 0.2) is 0 Å². The number of aromatic nitrogens is 2. The van der Waals surface area contributed by atoms with E-state index >= 15 is 0 Å². The monoisotopic (exact) mass is 168 g/mol. The van der Waals surface area contributed by atoms with Gasteiger partial charge in [0.1, 0.15) is 12.7 Å². The van der Waals surface area contributed by atoms with Crippen molar-refractivity contribution in [3.8, 4) is 5.88 Å². The molecule has 0 amide bonds. The molecule has 2 rings (SSSR count). The molecule has 1 aliphatic heterocycles. The molecule has 0 bridgehead atoms. The highest BCUT2D eigenvalue weighted by atomic mass is 16.5. The Hall–Kier alpha value is -1.03. The molecule has 0 radical (unpaired) electrons. The van der Waals surface area contributed by atoms with Crippen molar-refractivity contribution in [2.75, 3.05) is 13.7 Å². The molecule has 2 heterocycles. The van der Waals surface area contributed by atoms with E-state index in [2.05, 4.69) is 5.10 Å². The van der Waals surface area contributed by atoms with Crippen molar-refractivity contribution in [2.24, 2.45) is 0 Å². The summed E-state index contributed by atoms with van der Waals surface area (Å²) in [6.45, 7) is 3.41. The van der Waals surface area contributed by atoms with Gasteiger partial charge in [0.25, 0.3) is 0 Å². The lowest BCUT2D eigenvalue weighted by Gasteiger charge is -2.23. The highest BCUT2D eigenvalue weighted by Gasteiger charge is 2.20. The fourth-order valence-corrected chi connectivity index (χ4v) is 1.35. The lowest BCUT2D eigenvalue weighted by molar-refractivity contribution is 0.0176. The minimum Gasteiger partial charge on any atom is -0.475 e. The standard InChI is InChI=1S/C8H12N2O2/c1-6-3-9-10-4-7(11-2)5-12-8(6)10/h3,7H,4-5H2,1-2H3. The molecule has 0 aliphatic carbocycles. The SMILES string of the molecule is COC1COc2c(C)cnn2C1. The van der Waals surface area contributed by atoms with E-state index in [1.807, 2.05) is 17.8 Å². The average Bonchev–Trinajstić information content (AvgIpc) is 2.47. The summed E-state index contributed by atoms with van der Waals surface area (Å²) in [4.78, 5) is 0. The first-order valence-corrected chi connectivity index (χ1v) is 3.99. The van der Waals surface area contributed by atoms with Gasteiger partial charge in [-0.3, -0.25) is 0 Å². The zero-order valence-corrected chi connectivity index (χ0v) is 7.28. The van der Waals surface area contributed by atoms with Crippen molar-refractivity contribution >= 4 is 0 Å². The van der Waals surface area contributed by atoms with Crippen molar-refractivity contribution in [2.45, 2.75) is 19.6 Å². The summed E-state index contributed by atoms with van der Waals surface area (Å²) in [6.07, 6.45) is 1.95. The molecule has 4 heteroatoms. The smallest absolute Gasteiger partial charge is 0.214 e. The van der Waals surface area contributed by atoms with E-state index in [0.29, 0.717) is 6.61 Å². The van der Waals surface area contributed by atoms with Gasteiger partial charge < -0.3 is 9.47 Å². The van der Waals surface area contributed by atoms with Gasteiger partial charge in [0.2, 0.25) is 5.88 Å². The Bertz CT molecular complexity index is 283. The predicted molar refractivity (Wildman–Crippen MR) is 43.3 cm³/mol. The second-order valence-electron chi connectivity index (χ2n) is 2.98. The second kappa shape index (κ2) is 2.79. The lowest BCUT2D eigenvalue weighted by Crippen LogP contribution is -2.31. The molecule has 1 aromatic rings. The van der Waals surface area contributed by atoms with Crippen LogP contribution in [0.1, 0.15) is 5.56 Å². The first-order valence-electron chi connectivity index (χ1n) is 3.99. The lowest BCUT2D eigenvalue weighted by atomic mass is 10.3. The van der Waals surface area contributed by atoms with E-state index in [0.717, 1.165) is 18.0 Å². The van der Waals surface area contributed by atoms with Gasteiger partial charge >= 0.3 is 0 Å². The van der Waals surface area contributed by atoms with Crippen molar-refractivity contribution in [3.63, 3.8) is 0 Å². The molecule has 1 aromatic heterocycles. The van der Waals surface area contributed by atoms with Crippen LogP contribution in [0.2, 0.25) is 0 Å². The van der Waals surface area contributed by atoms with Gasteiger partial charge in [-0.25, -0.2) is 4.68 Å². The summed E-state index contributed by atoms with van der Waals surface area (Å²) in [7, 11) is 1.69. The summed E-state index contributed by atoms with van der Waals surface area (Å²) >= 11 is 0. The van der Waals surface area contributed by atoms with Gasteiger partial charge in [0.05, 0.1) is 12.7 Å². The van der Waals surface area contributed by atoms with E-state index in [1.54, 1.807) is 7.11 Å². The third-order valence-corrected chi connectivity index (χ3v) is 2.08. The van der Waals surface area contributed by atoms with E-state index in [1.165, 1.54) is 0 Å². The van der Waals surface area contributed by atoms with Crippen LogP contribution in [0.25, 0.3) is 0 Å². The molecular formula is C8H12N2O2. The second-order valence-corrected chi connectivity index (χ2v) is 2.98. The van der Waals surface area contributed by atoms with E-state index in [4.69, 9.17) is 9.47 Å². The molecular weight excluding hydrogens is 156 g/mol. The first-order chi connectivity index (χ1) is 5.81. The van der Waals surface area contributed by atoms with Crippen LogP contribution < -0.4 is 4.74 Å². The summed E-state index contributed by atoms with van der Waals surface area (Å²) < 4.78 is 12.5. The molecule has 4 nitrogen and oxygen atoms in total. The number of fused-ring (bicyclic) bond motifs is 1. The molecule has 0 saturated heterocycles. The number of hydrogen-bond acceptors (Lipinski definition) is 3. The van der Waals surface area contributed by atoms with Crippen LogP contribution in [-0.2, 0) is 11.3 Å². The Morgan fingerprint density at radius 1 is 1.75 bits per heavy atom. The Labute approximate surface area is 71.1 Å². The van der Waals surface area contributed by atoms with Crippen LogP contribution in [0, 0.1) is 6.92 Å². The Balaban J connectivity index is 2.24. The fraction of sp³-hybridized carbons (Fsp3) is 0.625. The molecule has 1 aliphatic rings. The number of ether oxygens (including phenoxy) is 2. The van der Waals surface area contributed by atoms with Gasteiger partial charge in [-0.2, -0.15) is 5.10 Å². The number of rotatable bonds is 1. The number of hydrogen-bond donors (Lipinski definition) is 0. The van der Waals surface area contributed by atoms with Crippen LogP contribution in [0.15, 0.2) is 6.20 Å². The van der Waals surface area contributed by atoms with Crippen molar-refractivity contribution in [1.82, 2.24) is 9.78 Å². The quantitative estimate of drug-likeness (QED) is 0.616. The normalized spacial score (nSPS) is 21.7. The molecule has 0 N–H and O–H groups in total. The summed E-state index contributed by atoms with van der Waals surface area (Å²) in [6, 6.07) is 0. The largest absolute Gasteiger partial charge is 0.475 e. The van der Waals surface area contributed by atoms with Gasteiger partial charge in [0, 0.05) is 12.7 Å². The molecule has 1 unspecified atom stereocenters. The fourth-order valence-electron chi connectivity index (χ4n) is 1.35. The maximum absolute atomic E-state index is 5.47. The minimum absolute atomic E-state index is 0.136. The van der Waals surface area contributed by atoms with Crippen molar-refractivity contribution in [1.29, 1.82) is 0 Å². The summed E-state index contributed by atoms with van der Waals surface area (Å²) in [5.41, 5.74) is 1.09. The maximum Gasteiger partial charge on any atom is 0.214 e. The molecule has 0 saturated carbocycles. The molecule has 0 aromatic carbocycles. The van der Waals surface area contributed by atoms with E-state index < -0.39 is 0 Å². The van der Waals surface area contributed by atoms with Crippen LogP contribution >= 0.6 is 0 Å². The van der Waals surface area contributed by atoms with Crippen molar-refractivity contribution < 1.29 is 9.47 Å². The molecule has 1 atom stereocenters. The number of nitrogens with zero attached hydrogens (tertiary/aromatic N) is 2. The van der Waals surface area contributed by atoms with E-state index in [9.17, 15) is 0 Å². The van der Waals surface area contributed by atoms with Crippen molar-refractivity contribution in [3.05, 3.63) is 11.8 Å². The molecule has 66 valence electrons. The topological polar surface area (TPSA) is 36.3 Å². The van der Waals surface area contributed by atoms with Crippen LogP contribution in [0.4, 0.5) is 0 Å². The van der Waals surface area contributed by atoms with Crippen LogP contribution in [-0.4, -0.2) is 29.6 Å². The third-order valence-electron chi connectivity index (χ3n) is 2.08. The zero-order chi connectivity index (χ0) is 8.55. The van der Waals surface area contributed by atoms with E-state index in [-0.39, 0.29) is 6.10 Å².